The Balaban J connectivity index is 1.08. The Hall–Kier alpha value is -8.01. The summed E-state index contributed by atoms with van der Waals surface area (Å²) in [6, 6.07) is 79.4. The van der Waals surface area contributed by atoms with Crippen LogP contribution in [0.5, 0.6) is 0 Å². The first-order chi connectivity index (χ1) is 29.7. The lowest BCUT2D eigenvalue weighted by Crippen LogP contribution is -2.01. The normalized spacial score (nSPS) is 11.3. The summed E-state index contributed by atoms with van der Waals surface area (Å²) in [5.74, 6) is 1.87. The predicted molar refractivity (Wildman–Crippen MR) is 250 cm³/mol. The number of rotatable bonds is 7. The molecule has 0 unspecified atom stereocenters. The summed E-state index contributed by atoms with van der Waals surface area (Å²) >= 11 is 0. The van der Waals surface area contributed by atoms with Gasteiger partial charge in [-0.3, -0.25) is 0 Å². The second-order valence-corrected chi connectivity index (χ2v) is 15.1. The zero-order valence-corrected chi connectivity index (χ0v) is 32.7. The molecule has 0 aliphatic heterocycles. The number of benzene rings is 10. The van der Waals surface area contributed by atoms with E-state index in [0.29, 0.717) is 17.5 Å². The minimum Gasteiger partial charge on any atom is -0.208 e. The summed E-state index contributed by atoms with van der Waals surface area (Å²) in [7, 11) is 0. The van der Waals surface area contributed by atoms with E-state index in [0.717, 1.165) is 55.3 Å². The van der Waals surface area contributed by atoms with Crippen LogP contribution in [-0.4, -0.2) is 15.0 Å². The van der Waals surface area contributed by atoms with Gasteiger partial charge in [-0.1, -0.05) is 218 Å². The van der Waals surface area contributed by atoms with Crippen molar-refractivity contribution < 1.29 is 0 Å². The SMILES string of the molecule is c1ccc(-c2ccc(-c3cccc(-c4nc(-c5ccc(-c6cccc7ccccc67)cc5)nc(-c5cccc6cccc(-c7ccccc7)c56)n4)c3)c3ccccc23)cc1. The maximum absolute atomic E-state index is 5.31. The fourth-order valence-electron chi connectivity index (χ4n) is 8.66. The van der Waals surface area contributed by atoms with Crippen molar-refractivity contribution in [3.05, 3.63) is 224 Å². The highest BCUT2D eigenvalue weighted by Gasteiger charge is 2.18. The molecule has 3 heteroatoms. The van der Waals surface area contributed by atoms with Crippen molar-refractivity contribution in [1.82, 2.24) is 15.0 Å². The van der Waals surface area contributed by atoms with Gasteiger partial charge in [-0.2, -0.15) is 0 Å². The minimum absolute atomic E-state index is 0.620. The highest BCUT2D eigenvalue weighted by Crippen LogP contribution is 2.39. The summed E-state index contributed by atoms with van der Waals surface area (Å²) in [6.07, 6.45) is 0. The number of aromatic nitrogens is 3. The predicted octanol–water partition coefficient (Wildman–Crippen LogP) is 15.0. The second kappa shape index (κ2) is 15.1. The van der Waals surface area contributed by atoms with E-state index < -0.39 is 0 Å². The van der Waals surface area contributed by atoms with E-state index in [4.69, 9.17) is 15.0 Å². The number of hydrogen-bond donors (Lipinski definition) is 0. The molecule has 0 aliphatic carbocycles. The van der Waals surface area contributed by atoms with Crippen molar-refractivity contribution in [2.45, 2.75) is 0 Å². The minimum atomic E-state index is 0.620. The molecule has 0 saturated heterocycles. The molecule has 10 aromatic carbocycles. The zero-order chi connectivity index (χ0) is 39.8. The van der Waals surface area contributed by atoms with E-state index in [2.05, 4.69) is 224 Å². The van der Waals surface area contributed by atoms with Crippen molar-refractivity contribution in [2.24, 2.45) is 0 Å². The average molecular weight is 764 g/mol. The van der Waals surface area contributed by atoms with E-state index in [1.807, 2.05) is 0 Å². The van der Waals surface area contributed by atoms with E-state index in [1.165, 1.54) is 38.2 Å². The molecule has 0 saturated carbocycles. The molecule has 0 spiro atoms. The molecule has 0 N–H and O–H groups in total. The van der Waals surface area contributed by atoms with Crippen LogP contribution in [0.2, 0.25) is 0 Å². The van der Waals surface area contributed by atoms with Crippen molar-refractivity contribution >= 4 is 32.3 Å². The van der Waals surface area contributed by atoms with Crippen LogP contribution in [0.15, 0.2) is 224 Å². The van der Waals surface area contributed by atoms with E-state index in [-0.39, 0.29) is 0 Å². The van der Waals surface area contributed by atoms with E-state index in [1.54, 1.807) is 0 Å². The van der Waals surface area contributed by atoms with Crippen molar-refractivity contribution in [3.63, 3.8) is 0 Å². The first-order valence-electron chi connectivity index (χ1n) is 20.4. The summed E-state index contributed by atoms with van der Waals surface area (Å²) < 4.78 is 0. The quantitative estimate of drug-likeness (QED) is 0.162. The molecule has 280 valence electrons. The van der Waals surface area contributed by atoms with Crippen LogP contribution in [0.25, 0.3) is 111 Å². The van der Waals surface area contributed by atoms with Crippen LogP contribution in [0.3, 0.4) is 0 Å². The summed E-state index contributed by atoms with van der Waals surface area (Å²) in [6.45, 7) is 0. The van der Waals surface area contributed by atoms with Gasteiger partial charge in [0, 0.05) is 22.1 Å². The number of hydrogen-bond acceptors (Lipinski definition) is 3. The molecule has 1 aromatic heterocycles. The molecule has 0 atom stereocenters. The molecule has 0 fully saturated rings. The van der Waals surface area contributed by atoms with Crippen molar-refractivity contribution in [3.8, 4) is 78.7 Å². The molecule has 0 bridgehead atoms. The van der Waals surface area contributed by atoms with Gasteiger partial charge in [-0.25, -0.2) is 15.0 Å². The smallest absolute Gasteiger partial charge is 0.164 e. The maximum atomic E-state index is 5.31. The molecule has 1 heterocycles. The van der Waals surface area contributed by atoms with Gasteiger partial charge in [0.05, 0.1) is 0 Å². The lowest BCUT2D eigenvalue weighted by molar-refractivity contribution is 1.08. The largest absolute Gasteiger partial charge is 0.208 e. The van der Waals surface area contributed by atoms with Gasteiger partial charge in [0.25, 0.3) is 0 Å². The highest BCUT2D eigenvalue weighted by atomic mass is 15.0. The Kier molecular flexibility index (Phi) is 8.83. The molecule has 3 nitrogen and oxygen atoms in total. The summed E-state index contributed by atoms with van der Waals surface area (Å²) in [5.41, 5.74) is 12.1. The summed E-state index contributed by atoms with van der Waals surface area (Å²) in [4.78, 5) is 15.8. The Morgan fingerprint density at radius 3 is 1.33 bits per heavy atom. The van der Waals surface area contributed by atoms with Gasteiger partial charge >= 0.3 is 0 Å². The van der Waals surface area contributed by atoms with E-state index >= 15 is 0 Å². The van der Waals surface area contributed by atoms with Gasteiger partial charge in [0.2, 0.25) is 0 Å². The Morgan fingerprint density at radius 1 is 0.217 bits per heavy atom. The molecule has 11 rings (SSSR count). The molecular weight excluding hydrogens is 727 g/mol. The van der Waals surface area contributed by atoms with Crippen LogP contribution in [-0.2, 0) is 0 Å². The van der Waals surface area contributed by atoms with Crippen molar-refractivity contribution in [1.29, 1.82) is 0 Å². The van der Waals surface area contributed by atoms with Gasteiger partial charge in [-0.15, -0.1) is 0 Å². The highest BCUT2D eigenvalue weighted by molar-refractivity contribution is 6.07. The standard InChI is InChI=1S/C57H37N3/c1-3-15-38(16-4-1)48-35-36-49(52-27-10-9-26-51(48)52)44-23-11-24-45(37-44)56-58-55(43-33-31-41(32-34-43)47-28-12-20-39-19-7-8-25-46(39)47)59-57(60-56)53-30-14-22-42-21-13-29-50(54(42)53)40-17-5-2-6-18-40/h1-37H. The molecular formula is C57H37N3. The number of fused-ring (bicyclic) bond motifs is 3. The van der Waals surface area contributed by atoms with E-state index in [9.17, 15) is 0 Å². The number of nitrogens with zero attached hydrogens (tertiary/aromatic N) is 3. The molecule has 60 heavy (non-hydrogen) atoms. The second-order valence-electron chi connectivity index (χ2n) is 15.1. The van der Waals surface area contributed by atoms with Gasteiger partial charge in [-0.05, 0) is 77.5 Å². The maximum Gasteiger partial charge on any atom is 0.164 e. The third-order valence-electron chi connectivity index (χ3n) is 11.6. The molecule has 11 aromatic rings. The zero-order valence-electron chi connectivity index (χ0n) is 32.7. The van der Waals surface area contributed by atoms with Gasteiger partial charge in [0.15, 0.2) is 17.5 Å². The third-order valence-corrected chi connectivity index (χ3v) is 11.6. The lowest BCUT2D eigenvalue weighted by atomic mass is 9.91. The monoisotopic (exact) mass is 763 g/mol. The topological polar surface area (TPSA) is 38.7 Å². The Bertz CT molecular complexity index is 3350. The van der Waals surface area contributed by atoms with Crippen molar-refractivity contribution in [2.75, 3.05) is 0 Å². The summed E-state index contributed by atoms with van der Waals surface area (Å²) in [5, 5.41) is 7.10. The van der Waals surface area contributed by atoms with Gasteiger partial charge < -0.3 is 0 Å². The first-order valence-corrected chi connectivity index (χ1v) is 20.4. The van der Waals surface area contributed by atoms with Crippen LogP contribution in [0, 0.1) is 0 Å². The lowest BCUT2D eigenvalue weighted by Gasteiger charge is -2.15. The first kappa shape index (κ1) is 35.2. The third kappa shape index (κ3) is 6.39. The molecule has 0 radical (unpaired) electrons. The fourth-order valence-corrected chi connectivity index (χ4v) is 8.66. The fraction of sp³-hybridized carbons (Fsp3) is 0. The molecule has 0 aliphatic rings. The van der Waals surface area contributed by atoms with Gasteiger partial charge in [0.1, 0.15) is 0 Å². The molecule has 0 amide bonds. The van der Waals surface area contributed by atoms with Crippen LogP contribution < -0.4 is 0 Å². The van der Waals surface area contributed by atoms with Crippen LogP contribution in [0.1, 0.15) is 0 Å². The van der Waals surface area contributed by atoms with Crippen LogP contribution >= 0.6 is 0 Å². The van der Waals surface area contributed by atoms with Crippen LogP contribution in [0.4, 0.5) is 0 Å². The Labute approximate surface area is 349 Å². The Morgan fingerprint density at radius 2 is 0.633 bits per heavy atom. The average Bonchev–Trinajstić information content (AvgIpc) is 3.33.